The van der Waals surface area contributed by atoms with Crippen molar-refractivity contribution in [3.05, 3.63) is 6.92 Å². The molecule has 0 aromatic rings. The maximum absolute atomic E-state index is 9.17. The third-order valence-corrected chi connectivity index (χ3v) is 0.166. The molecule has 0 rings (SSSR count). The SMILES string of the molecule is [CH2]C=NC=O. The number of carbonyl (C=O) groups is 1. The van der Waals surface area contributed by atoms with Crippen LogP contribution in [0.15, 0.2) is 4.99 Å². The summed E-state index contributed by atoms with van der Waals surface area (Å²) in [5.41, 5.74) is 0. The molecule has 0 spiro atoms. The van der Waals surface area contributed by atoms with Gasteiger partial charge in [0.05, 0.1) is 0 Å². The monoisotopic (exact) mass is 70.0 g/mol. The van der Waals surface area contributed by atoms with E-state index in [2.05, 4.69) is 11.9 Å². The summed E-state index contributed by atoms with van der Waals surface area (Å²) in [4.78, 5) is 12.2. The molecule has 2 heteroatoms. The average Bonchev–Trinajstić information content (AvgIpc) is 1.41. The topological polar surface area (TPSA) is 29.4 Å². The molecule has 0 atom stereocenters. The summed E-state index contributed by atoms with van der Waals surface area (Å²) < 4.78 is 0. The Labute approximate surface area is 30.5 Å². The Bertz CT molecular complexity index is 48.9. The molecule has 27 valence electrons. The first-order chi connectivity index (χ1) is 2.41. The van der Waals surface area contributed by atoms with E-state index in [1.807, 2.05) is 0 Å². The smallest absolute Gasteiger partial charge is 0.232 e. The molecule has 0 heterocycles. The van der Waals surface area contributed by atoms with E-state index in [0.29, 0.717) is 6.41 Å². The molecule has 0 unspecified atom stereocenters. The second kappa shape index (κ2) is 3.34. The number of hydrogen-bond donors (Lipinski definition) is 0. The molecule has 0 saturated heterocycles. The van der Waals surface area contributed by atoms with E-state index in [9.17, 15) is 0 Å². The van der Waals surface area contributed by atoms with Crippen molar-refractivity contribution in [2.24, 2.45) is 4.99 Å². The first kappa shape index (κ1) is 4.34. The summed E-state index contributed by atoms with van der Waals surface area (Å²) in [5, 5.41) is 0. The Morgan fingerprint density at radius 2 is 2.40 bits per heavy atom. The van der Waals surface area contributed by atoms with Gasteiger partial charge in [-0.2, -0.15) is 0 Å². The van der Waals surface area contributed by atoms with Gasteiger partial charge in [0.15, 0.2) is 0 Å². The number of amides is 1. The fourth-order valence-electron chi connectivity index (χ4n) is 0.0430. The first-order valence-corrected chi connectivity index (χ1v) is 1.16. The summed E-state index contributed by atoms with van der Waals surface area (Å²) in [6.45, 7) is 3.15. The Morgan fingerprint density at radius 3 is 2.40 bits per heavy atom. The van der Waals surface area contributed by atoms with Gasteiger partial charge in [-0.1, -0.05) is 0 Å². The van der Waals surface area contributed by atoms with Gasteiger partial charge < -0.3 is 0 Å². The van der Waals surface area contributed by atoms with Gasteiger partial charge in [0, 0.05) is 6.21 Å². The minimum atomic E-state index is 0.438. The van der Waals surface area contributed by atoms with Gasteiger partial charge in [-0.15, -0.1) is 0 Å². The molecule has 0 N–H and O–H groups in total. The molecule has 0 aliphatic rings. The molecular formula is C3H4NO. The summed E-state index contributed by atoms with van der Waals surface area (Å²) in [6, 6.07) is 0. The molecule has 0 saturated carbocycles. The Balaban J connectivity index is 2.92. The predicted octanol–water partition coefficient (Wildman–Crippen LogP) is 0.0477. The zero-order chi connectivity index (χ0) is 4.12. The van der Waals surface area contributed by atoms with Crippen molar-refractivity contribution in [3.63, 3.8) is 0 Å². The lowest BCUT2D eigenvalue weighted by Crippen LogP contribution is -1.58. The largest absolute Gasteiger partial charge is 0.276 e. The fourth-order valence-corrected chi connectivity index (χ4v) is 0.0430. The zero-order valence-electron chi connectivity index (χ0n) is 2.72. The molecule has 0 bridgehead atoms. The molecule has 1 amide bonds. The lowest BCUT2D eigenvalue weighted by atomic mass is 10.9. The second-order valence-electron chi connectivity index (χ2n) is 0.437. The molecule has 1 radical (unpaired) electrons. The lowest BCUT2D eigenvalue weighted by molar-refractivity contribution is -0.106. The van der Waals surface area contributed by atoms with Crippen LogP contribution in [0.4, 0.5) is 0 Å². The number of aliphatic imine (C=N–C) groups is 1. The highest BCUT2D eigenvalue weighted by Gasteiger charge is 1.47. The molecule has 2 nitrogen and oxygen atoms in total. The lowest BCUT2D eigenvalue weighted by Gasteiger charge is -1.53. The van der Waals surface area contributed by atoms with Crippen LogP contribution < -0.4 is 0 Å². The van der Waals surface area contributed by atoms with Gasteiger partial charge in [-0.25, -0.2) is 4.99 Å². The average molecular weight is 70.1 g/mol. The fraction of sp³-hybridized carbons (Fsp3) is 0. The summed E-state index contributed by atoms with van der Waals surface area (Å²) in [6.07, 6.45) is 1.62. The first-order valence-electron chi connectivity index (χ1n) is 1.16. The van der Waals surface area contributed by atoms with Crippen molar-refractivity contribution < 1.29 is 4.79 Å². The number of carbonyl (C=O) groups excluding carboxylic acids is 1. The molecule has 0 aliphatic carbocycles. The maximum Gasteiger partial charge on any atom is 0.232 e. The van der Waals surface area contributed by atoms with Crippen LogP contribution in [0.25, 0.3) is 0 Å². The van der Waals surface area contributed by atoms with E-state index >= 15 is 0 Å². The van der Waals surface area contributed by atoms with Crippen LogP contribution in [0.3, 0.4) is 0 Å². The third kappa shape index (κ3) is 3.34. The molecule has 0 aliphatic heterocycles. The van der Waals surface area contributed by atoms with Gasteiger partial charge >= 0.3 is 0 Å². The van der Waals surface area contributed by atoms with Crippen LogP contribution in [-0.4, -0.2) is 12.6 Å². The van der Waals surface area contributed by atoms with Crippen LogP contribution in [0.5, 0.6) is 0 Å². The predicted molar refractivity (Wildman–Crippen MR) is 19.9 cm³/mol. The molecule has 0 aromatic heterocycles. The van der Waals surface area contributed by atoms with Crippen LogP contribution >= 0.6 is 0 Å². The highest BCUT2D eigenvalue weighted by Crippen LogP contribution is 1.43. The maximum atomic E-state index is 9.17. The Hall–Kier alpha value is -0.660. The van der Waals surface area contributed by atoms with Crippen LogP contribution in [0.2, 0.25) is 0 Å². The molecule has 5 heavy (non-hydrogen) atoms. The van der Waals surface area contributed by atoms with E-state index < -0.39 is 0 Å². The second-order valence-corrected chi connectivity index (χ2v) is 0.437. The van der Waals surface area contributed by atoms with Crippen LogP contribution in [0.1, 0.15) is 0 Å². The van der Waals surface area contributed by atoms with E-state index in [4.69, 9.17) is 4.79 Å². The van der Waals surface area contributed by atoms with Crippen molar-refractivity contribution in [1.29, 1.82) is 0 Å². The van der Waals surface area contributed by atoms with Gasteiger partial charge in [0.1, 0.15) is 0 Å². The zero-order valence-corrected chi connectivity index (χ0v) is 2.72. The summed E-state index contributed by atoms with van der Waals surface area (Å²) in [5.74, 6) is 0. The van der Waals surface area contributed by atoms with E-state index in [1.54, 1.807) is 0 Å². The van der Waals surface area contributed by atoms with Crippen molar-refractivity contribution in [2.45, 2.75) is 0 Å². The minimum absolute atomic E-state index is 0.438. The van der Waals surface area contributed by atoms with Crippen molar-refractivity contribution in [2.75, 3.05) is 0 Å². The highest BCUT2D eigenvalue weighted by molar-refractivity contribution is 5.71. The molecule has 0 aromatic carbocycles. The van der Waals surface area contributed by atoms with Gasteiger partial charge in [0.25, 0.3) is 0 Å². The van der Waals surface area contributed by atoms with E-state index in [-0.39, 0.29) is 0 Å². The Kier molecular flexibility index (Phi) is 2.90. The van der Waals surface area contributed by atoms with Crippen molar-refractivity contribution in [1.82, 2.24) is 0 Å². The number of rotatable bonds is 1. The van der Waals surface area contributed by atoms with Gasteiger partial charge in [0.2, 0.25) is 6.41 Å². The van der Waals surface area contributed by atoms with Gasteiger partial charge in [-0.3, -0.25) is 4.79 Å². The molecular weight excluding hydrogens is 66.0 g/mol. The van der Waals surface area contributed by atoms with Crippen LogP contribution in [-0.2, 0) is 4.79 Å². The molecule has 0 fully saturated rings. The van der Waals surface area contributed by atoms with Crippen molar-refractivity contribution >= 4 is 12.6 Å². The standard InChI is InChI=1S/C3H4NO/c1-2-4-3-5/h2-3H,1H2. The van der Waals surface area contributed by atoms with Crippen molar-refractivity contribution in [3.8, 4) is 0 Å². The van der Waals surface area contributed by atoms with E-state index in [1.165, 1.54) is 6.21 Å². The summed E-state index contributed by atoms with van der Waals surface area (Å²) >= 11 is 0. The van der Waals surface area contributed by atoms with Crippen LogP contribution in [0, 0.1) is 6.92 Å². The number of nitrogens with zero attached hydrogens (tertiary/aromatic N) is 1. The van der Waals surface area contributed by atoms with E-state index in [0.717, 1.165) is 0 Å². The van der Waals surface area contributed by atoms with Gasteiger partial charge in [-0.05, 0) is 6.92 Å². The minimum Gasteiger partial charge on any atom is -0.276 e. The number of hydrogen-bond acceptors (Lipinski definition) is 1. The third-order valence-electron chi connectivity index (χ3n) is 0.166. The normalized spacial score (nSPS) is 9.00. The highest BCUT2D eigenvalue weighted by atomic mass is 16.1. The Morgan fingerprint density at radius 1 is 1.80 bits per heavy atom. The summed E-state index contributed by atoms with van der Waals surface area (Å²) in [7, 11) is 0. The quantitative estimate of drug-likeness (QED) is 0.316.